The Hall–Kier alpha value is -1.85. The molecule has 0 aromatic carbocycles. The topological polar surface area (TPSA) is 78.9 Å². The monoisotopic (exact) mass is 282 g/mol. The van der Waals surface area contributed by atoms with E-state index in [1.165, 1.54) is 6.92 Å². The van der Waals surface area contributed by atoms with Crippen LogP contribution in [0.4, 0.5) is 0 Å². The van der Waals surface area contributed by atoms with Crippen molar-refractivity contribution in [2.24, 2.45) is 17.8 Å². The molecular weight excluding hydrogens is 264 g/mol. The smallest absolute Gasteiger partial charge is 0.347 e. The first-order valence-corrected chi connectivity index (χ1v) is 6.61. The fourth-order valence-electron chi connectivity index (χ4n) is 2.72. The van der Waals surface area contributed by atoms with Crippen molar-refractivity contribution >= 4 is 17.9 Å². The van der Waals surface area contributed by atoms with Gasteiger partial charge in [0.15, 0.2) is 6.61 Å². The second-order valence-electron chi connectivity index (χ2n) is 5.50. The lowest BCUT2D eigenvalue weighted by molar-refractivity contribution is -0.187. The molecule has 0 radical (unpaired) electrons. The van der Waals surface area contributed by atoms with Gasteiger partial charge in [-0.25, -0.2) is 9.59 Å². The number of hydrogen-bond acceptors (Lipinski definition) is 6. The van der Waals surface area contributed by atoms with Gasteiger partial charge in [0.1, 0.15) is 0 Å². The van der Waals surface area contributed by atoms with E-state index in [0.29, 0.717) is 5.92 Å². The van der Waals surface area contributed by atoms with Gasteiger partial charge in [0.25, 0.3) is 6.29 Å². The van der Waals surface area contributed by atoms with Gasteiger partial charge in [-0.3, -0.25) is 4.79 Å². The Morgan fingerprint density at radius 1 is 1.40 bits per heavy atom. The molecule has 2 rings (SSSR count). The zero-order chi connectivity index (χ0) is 14.9. The molecule has 0 bridgehead atoms. The van der Waals surface area contributed by atoms with Crippen molar-refractivity contribution in [3.8, 4) is 0 Å². The molecule has 6 heteroatoms. The third-order valence-corrected chi connectivity index (χ3v) is 3.65. The molecule has 110 valence electrons. The molecule has 2 aliphatic rings. The van der Waals surface area contributed by atoms with Crippen LogP contribution in [0.25, 0.3) is 0 Å². The largest absolute Gasteiger partial charge is 0.450 e. The molecule has 0 aromatic heterocycles. The van der Waals surface area contributed by atoms with E-state index < -0.39 is 24.8 Å². The molecule has 1 aliphatic carbocycles. The van der Waals surface area contributed by atoms with E-state index in [0.717, 1.165) is 12.8 Å². The number of ether oxygens (including phenoxy) is 3. The highest BCUT2D eigenvalue weighted by Crippen LogP contribution is 2.44. The zero-order valence-electron chi connectivity index (χ0n) is 11.6. The first kappa shape index (κ1) is 14.6. The molecule has 1 heterocycles. The van der Waals surface area contributed by atoms with Crippen LogP contribution in [-0.2, 0) is 28.6 Å². The highest BCUT2D eigenvalue weighted by atomic mass is 16.7. The molecule has 2 fully saturated rings. The van der Waals surface area contributed by atoms with Crippen molar-refractivity contribution in [2.45, 2.75) is 33.0 Å². The number of esters is 3. The van der Waals surface area contributed by atoms with Crippen LogP contribution in [0.3, 0.4) is 0 Å². The van der Waals surface area contributed by atoms with E-state index in [2.05, 4.69) is 18.2 Å². The molecule has 4 unspecified atom stereocenters. The first-order valence-electron chi connectivity index (χ1n) is 6.61. The van der Waals surface area contributed by atoms with Crippen molar-refractivity contribution in [1.82, 2.24) is 0 Å². The van der Waals surface area contributed by atoms with Gasteiger partial charge in [-0.1, -0.05) is 13.5 Å². The summed E-state index contributed by atoms with van der Waals surface area (Å²) in [6.45, 7) is 6.43. The molecule has 1 saturated carbocycles. The molecular formula is C14H18O6. The van der Waals surface area contributed by atoms with E-state index >= 15 is 0 Å². The molecule has 6 nitrogen and oxygen atoms in total. The fraction of sp³-hybridized carbons (Fsp3) is 0.643. The van der Waals surface area contributed by atoms with Crippen LogP contribution in [0, 0.1) is 17.8 Å². The van der Waals surface area contributed by atoms with Gasteiger partial charge in [0.05, 0.1) is 5.92 Å². The van der Waals surface area contributed by atoms with Gasteiger partial charge in [-0.05, 0) is 25.7 Å². The van der Waals surface area contributed by atoms with Crippen LogP contribution in [-0.4, -0.2) is 30.8 Å². The summed E-state index contributed by atoms with van der Waals surface area (Å²) in [6, 6.07) is 0. The van der Waals surface area contributed by atoms with E-state index in [9.17, 15) is 14.4 Å². The van der Waals surface area contributed by atoms with Crippen LogP contribution in [0.2, 0.25) is 0 Å². The average Bonchev–Trinajstić information content (AvgIpc) is 2.87. The molecule has 0 N–H and O–H groups in total. The van der Waals surface area contributed by atoms with Gasteiger partial charge in [0, 0.05) is 11.5 Å². The first-order chi connectivity index (χ1) is 9.38. The predicted octanol–water partition coefficient (Wildman–Crippen LogP) is 1.19. The second kappa shape index (κ2) is 5.64. The van der Waals surface area contributed by atoms with Crippen molar-refractivity contribution < 1.29 is 28.6 Å². The Morgan fingerprint density at radius 3 is 2.75 bits per heavy atom. The Kier molecular flexibility index (Phi) is 4.11. The molecule has 20 heavy (non-hydrogen) atoms. The number of fused-ring (bicyclic) bond motifs is 1. The molecule has 1 saturated heterocycles. The zero-order valence-corrected chi connectivity index (χ0v) is 11.6. The maximum atomic E-state index is 11.6. The minimum absolute atomic E-state index is 0.0849. The average molecular weight is 282 g/mol. The molecule has 0 amide bonds. The van der Waals surface area contributed by atoms with E-state index in [-0.39, 0.29) is 23.4 Å². The van der Waals surface area contributed by atoms with E-state index in [1.54, 1.807) is 0 Å². The molecule has 0 spiro atoms. The Morgan fingerprint density at radius 2 is 2.10 bits per heavy atom. The maximum Gasteiger partial charge on any atom is 0.347 e. The summed E-state index contributed by atoms with van der Waals surface area (Å²) < 4.78 is 14.8. The minimum atomic E-state index is -0.853. The van der Waals surface area contributed by atoms with Crippen LogP contribution in [0.5, 0.6) is 0 Å². The summed E-state index contributed by atoms with van der Waals surface area (Å²) in [6.07, 6.45) is 0.704. The van der Waals surface area contributed by atoms with Crippen molar-refractivity contribution in [3.05, 3.63) is 12.2 Å². The lowest BCUT2D eigenvalue weighted by Crippen LogP contribution is -2.27. The van der Waals surface area contributed by atoms with Gasteiger partial charge >= 0.3 is 17.9 Å². The highest BCUT2D eigenvalue weighted by molar-refractivity contribution is 5.88. The lowest BCUT2D eigenvalue weighted by atomic mass is 9.99. The molecule has 4 atom stereocenters. The van der Waals surface area contributed by atoms with Gasteiger partial charge in [-0.2, -0.15) is 0 Å². The van der Waals surface area contributed by atoms with Crippen LogP contribution >= 0.6 is 0 Å². The van der Waals surface area contributed by atoms with E-state index in [1.807, 2.05) is 0 Å². The van der Waals surface area contributed by atoms with Crippen molar-refractivity contribution in [3.63, 3.8) is 0 Å². The van der Waals surface area contributed by atoms with Crippen LogP contribution in [0.15, 0.2) is 12.2 Å². The maximum absolute atomic E-state index is 11.6. The number of rotatable bonds is 4. The predicted molar refractivity (Wildman–Crippen MR) is 67.1 cm³/mol. The third kappa shape index (κ3) is 3.00. The van der Waals surface area contributed by atoms with Crippen LogP contribution in [0.1, 0.15) is 26.7 Å². The lowest BCUT2D eigenvalue weighted by Gasteiger charge is -2.17. The fourth-order valence-corrected chi connectivity index (χ4v) is 2.72. The quantitative estimate of drug-likeness (QED) is 0.569. The summed E-state index contributed by atoms with van der Waals surface area (Å²) >= 11 is 0. The third-order valence-electron chi connectivity index (χ3n) is 3.65. The number of carbonyl (C=O) groups is 3. The van der Waals surface area contributed by atoms with Gasteiger partial charge in [0.2, 0.25) is 0 Å². The van der Waals surface area contributed by atoms with Crippen LogP contribution < -0.4 is 0 Å². The Bertz CT molecular complexity index is 455. The Labute approximate surface area is 117 Å². The standard InChI is InChI=1S/C14H18O6/c1-7(2)12(16)18-6-11(15)19-14-10-5-8(3)4-9(10)13(17)20-14/h8-10,14H,1,4-6H2,2-3H3. The van der Waals surface area contributed by atoms with Gasteiger partial charge in [-0.15, -0.1) is 0 Å². The number of hydrogen-bond donors (Lipinski definition) is 0. The van der Waals surface area contributed by atoms with Gasteiger partial charge < -0.3 is 14.2 Å². The van der Waals surface area contributed by atoms with E-state index in [4.69, 9.17) is 9.47 Å². The number of carbonyl (C=O) groups excluding carboxylic acids is 3. The Balaban J connectivity index is 1.84. The summed E-state index contributed by atoms with van der Waals surface area (Å²) in [5.74, 6) is -1.54. The SMILES string of the molecule is C=C(C)C(=O)OCC(=O)OC1OC(=O)C2CC(C)CC12. The molecule has 0 aromatic rings. The normalized spacial score (nSPS) is 31.4. The summed E-state index contributed by atoms with van der Waals surface area (Å²) in [4.78, 5) is 34.4. The summed E-state index contributed by atoms with van der Waals surface area (Å²) in [5.41, 5.74) is 0.203. The molecule has 1 aliphatic heterocycles. The van der Waals surface area contributed by atoms with Crippen molar-refractivity contribution in [1.29, 1.82) is 0 Å². The number of cyclic esters (lactones) is 1. The second-order valence-corrected chi connectivity index (χ2v) is 5.50. The minimum Gasteiger partial charge on any atom is -0.450 e. The van der Waals surface area contributed by atoms with Crippen molar-refractivity contribution in [2.75, 3.05) is 6.61 Å². The summed E-state index contributed by atoms with van der Waals surface area (Å²) in [5, 5.41) is 0. The highest BCUT2D eigenvalue weighted by Gasteiger charge is 2.51. The summed E-state index contributed by atoms with van der Waals surface area (Å²) in [7, 11) is 0.